The number of nitrogens with zero attached hydrogens (tertiary/aromatic N) is 1. The van der Waals surface area contributed by atoms with Gasteiger partial charge in [-0.1, -0.05) is 39.8 Å². The number of aliphatic hydroxyl groups is 1. The van der Waals surface area contributed by atoms with E-state index >= 15 is 0 Å². The van der Waals surface area contributed by atoms with Crippen molar-refractivity contribution in [3.63, 3.8) is 0 Å². The summed E-state index contributed by atoms with van der Waals surface area (Å²) in [6.45, 7) is 12.2. The van der Waals surface area contributed by atoms with E-state index in [4.69, 9.17) is 4.74 Å². The lowest BCUT2D eigenvalue weighted by Crippen LogP contribution is -2.40. The fraction of sp³-hybridized carbons (Fsp3) is 0.684. The Balaban J connectivity index is 1.75. The molecular formula is C19H31NO2. The van der Waals surface area contributed by atoms with Crippen LogP contribution in [0, 0.1) is 5.92 Å². The Kier molecular flexibility index (Phi) is 5.87. The molecule has 0 bridgehead atoms. The number of β-amino-alcohol motifs (C(OH)–C–C–N with tert-alkyl or cyclic N) is 1. The summed E-state index contributed by atoms with van der Waals surface area (Å²) in [4.78, 5) is 2.34. The first-order valence-corrected chi connectivity index (χ1v) is 8.48. The lowest BCUT2D eigenvalue weighted by molar-refractivity contribution is 0.0563. The lowest BCUT2D eigenvalue weighted by Gasteiger charge is -2.31. The first-order valence-electron chi connectivity index (χ1n) is 8.48. The fourth-order valence-corrected chi connectivity index (χ4v) is 2.84. The van der Waals surface area contributed by atoms with Crippen LogP contribution in [0.25, 0.3) is 0 Å². The van der Waals surface area contributed by atoms with Crippen LogP contribution >= 0.6 is 0 Å². The highest BCUT2D eigenvalue weighted by molar-refractivity contribution is 5.31. The van der Waals surface area contributed by atoms with Gasteiger partial charge in [-0.15, -0.1) is 0 Å². The molecule has 0 radical (unpaired) electrons. The van der Waals surface area contributed by atoms with Gasteiger partial charge in [0, 0.05) is 6.54 Å². The highest BCUT2D eigenvalue weighted by Gasteiger charge is 2.18. The average Bonchev–Trinajstić information content (AvgIpc) is 2.47. The number of aliphatic hydroxyl groups excluding tert-OH is 1. The maximum atomic E-state index is 10.1. The molecule has 1 saturated heterocycles. The van der Waals surface area contributed by atoms with Crippen molar-refractivity contribution in [2.24, 2.45) is 5.92 Å². The van der Waals surface area contributed by atoms with Crippen molar-refractivity contribution in [2.45, 2.75) is 52.1 Å². The molecule has 0 amide bonds. The summed E-state index contributed by atoms with van der Waals surface area (Å²) in [6, 6.07) is 8.20. The van der Waals surface area contributed by atoms with Crippen molar-refractivity contribution in [1.29, 1.82) is 0 Å². The molecule has 1 N–H and O–H groups in total. The third-order valence-corrected chi connectivity index (χ3v) is 4.51. The first-order chi connectivity index (χ1) is 10.3. The Hall–Kier alpha value is -1.06. The van der Waals surface area contributed by atoms with Crippen LogP contribution in [0.3, 0.4) is 0 Å². The minimum atomic E-state index is -0.421. The largest absolute Gasteiger partial charge is 0.491 e. The normalized spacial score (nSPS) is 19.1. The second kappa shape index (κ2) is 7.47. The van der Waals surface area contributed by atoms with E-state index in [1.165, 1.54) is 18.4 Å². The maximum absolute atomic E-state index is 10.1. The third kappa shape index (κ3) is 5.29. The van der Waals surface area contributed by atoms with Crippen LogP contribution < -0.4 is 4.74 Å². The Morgan fingerprint density at radius 3 is 2.32 bits per heavy atom. The molecule has 1 aliphatic rings. The predicted octanol–water partition coefficient (Wildman–Crippen LogP) is 3.46. The number of likely N-dealkylation sites (tertiary alicyclic amines) is 1. The van der Waals surface area contributed by atoms with E-state index in [1.807, 2.05) is 12.1 Å². The first kappa shape index (κ1) is 17.3. The minimum absolute atomic E-state index is 0.156. The molecule has 3 heteroatoms. The highest BCUT2D eigenvalue weighted by atomic mass is 16.5. The SMILES string of the molecule is CC1CCN(C[C@@H](O)COc2ccc(C(C)(C)C)cc2)CC1. The van der Waals surface area contributed by atoms with E-state index in [0.717, 1.165) is 24.8 Å². The van der Waals surface area contributed by atoms with E-state index in [0.29, 0.717) is 13.2 Å². The van der Waals surface area contributed by atoms with E-state index in [2.05, 4.69) is 44.7 Å². The monoisotopic (exact) mass is 305 g/mol. The summed E-state index contributed by atoms with van der Waals surface area (Å²) < 4.78 is 5.72. The molecule has 2 rings (SSSR count). The number of piperidine rings is 1. The van der Waals surface area contributed by atoms with Crippen molar-refractivity contribution in [2.75, 3.05) is 26.2 Å². The fourth-order valence-electron chi connectivity index (χ4n) is 2.84. The number of hydrogen-bond donors (Lipinski definition) is 1. The summed E-state index contributed by atoms with van der Waals surface area (Å²) in [7, 11) is 0. The zero-order valence-corrected chi connectivity index (χ0v) is 14.5. The van der Waals surface area contributed by atoms with Gasteiger partial charge in [0.25, 0.3) is 0 Å². The zero-order chi connectivity index (χ0) is 16.2. The standard InChI is InChI=1S/C19H31NO2/c1-15-9-11-20(12-10-15)13-17(21)14-22-18-7-5-16(6-8-18)19(2,3)4/h5-8,15,17,21H,9-14H2,1-4H3/t17-/m1/s1. The van der Waals surface area contributed by atoms with Gasteiger partial charge in [-0.05, 0) is 55.0 Å². The van der Waals surface area contributed by atoms with E-state index in [-0.39, 0.29) is 5.41 Å². The molecule has 0 spiro atoms. The molecule has 1 aromatic rings. The average molecular weight is 305 g/mol. The molecule has 0 aromatic heterocycles. The zero-order valence-electron chi connectivity index (χ0n) is 14.5. The summed E-state index contributed by atoms with van der Waals surface area (Å²) >= 11 is 0. The van der Waals surface area contributed by atoms with Crippen LogP contribution in [-0.4, -0.2) is 42.4 Å². The smallest absolute Gasteiger partial charge is 0.119 e. The van der Waals surface area contributed by atoms with Crippen LogP contribution in [0.4, 0.5) is 0 Å². The van der Waals surface area contributed by atoms with E-state index in [1.54, 1.807) is 0 Å². The quantitative estimate of drug-likeness (QED) is 0.904. The summed E-state index contributed by atoms with van der Waals surface area (Å²) in [5.41, 5.74) is 1.45. The highest BCUT2D eigenvalue weighted by Crippen LogP contribution is 2.24. The van der Waals surface area contributed by atoms with E-state index < -0.39 is 6.10 Å². The van der Waals surface area contributed by atoms with Crippen LogP contribution in [0.15, 0.2) is 24.3 Å². The van der Waals surface area contributed by atoms with Crippen molar-refractivity contribution < 1.29 is 9.84 Å². The van der Waals surface area contributed by atoms with Gasteiger partial charge in [-0.2, -0.15) is 0 Å². The van der Waals surface area contributed by atoms with Crippen LogP contribution in [0.2, 0.25) is 0 Å². The molecule has 1 fully saturated rings. The summed E-state index contributed by atoms with van der Waals surface area (Å²) in [5.74, 6) is 1.66. The Morgan fingerprint density at radius 1 is 1.18 bits per heavy atom. The molecule has 1 heterocycles. The van der Waals surface area contributed by atoms with Gasteiger partial charge in [0.15, 0.2) is 0 Å². The number of benzene rings is 1. The lowest BCUT2D eigenvalue weighted by atomic mass is 9.87. The third-order valence-electron chi connectivity index (χ3n) is 4.51. The second-order valence-corrected chi connectivity index (χ2v) is 7.72. The minimum Gasteiger partial charge on any atom is -0.491 e. The van der Waals surface area contributed by atoms with Crippen LogP contribution in [0.1, 0.15) is 46.1 Å². The number of ether oxygens (including phenoxy) is 1. The van der Waals surface area contributed by atoms with Gasteiger partial charge >= 0.3 is 0 Å². The van der Waals surface area contributed by atoms with Gasteiger partial charge in [0.1, 0.15) is 18.5 Å². The van der Waals surface area contributed by atoms with E-state index in [9.17, 15) is 5.11 Å². The molecule has 0 aliphatic carbocycles. The van der Waals surface area contributed by atoms with Crippen molar-refractivity contribution in [1.82, 2.24) is 4.90 Å². The van der Waals surface area contributed by atoms with Crippen molar-refractivity contribution >= 4 is 0 Å². The van der Waals surface area contributed by atoms with Gasteiger partial charge in [-0.3, -0.25) is 0 Å². The van der Waals surface area contributed by atoms with Gasteiger partial charge in [-0.25, -0.2) is 0 Å². The summed E-state index contributed by atoms with van der Waals surface area (Å²) in [6.07, 6.45) is 2.06. The van der Waals surface area contributed by atoms with Gasteiger partial charge < -0.3 is 14.7 Å². The number of rotatable bonds is 5. The van der Waals surface area contributed by atoms with Crippen LogP contribution in [0.5, 0.6) is 5.75 Å². The van der Waals surface area contributed by atoms with Crippen molar-refractivity contribution in [3.05, 3.63) is 29.8 Å². The second-order valence-electron chi connectivity index (χ2n) is 7.72. The Bertz CT molecular complexity index is 441. The molecule has 3 nitrogen and oxygen atoms in total. The topological polar surface area (TPSA) is 32.7 Å². The molecule has 0 unspecified atom stereocenters. The van der Waals surface area contributed by atoms with Crippen LogP contribution in [-0.2, 0) is 5.41 Å². The van der Waals surface area contributed by atoms with Gasteiger partial charge in [0.05, 0.1) is 0 Å². The molecule has 0 saturated carbocycles. The molecule has 124 valence electrons. The number of hydrogen-bond acceptors (Lipinski definition) is 3. The molecule has 22 heavy (non-hydrogen) atoms. The molecule has 1 aliphatic heterocycles. The molecule has 1 aromatic carbocycles. The maximum Gasteiger partial charge on any atom is 0.119 e. The molecule has 1 atom stereocenters. The Morgan fingerprint density at radius 2 is 1.77 bits per heavy atom. The van der Waals surface area contributed by atoms with Gasteiger partial charge in [0.2, 0.25) is 0 Å². The van der Waals surface area contributed by atoms with Crippen molar-refractivity contribution in [3.8, 4) is 5.75 Å². The Labute approximate surface area is 135 Å². The molecular weight excluding hydrogens is 274 g/mol. The predicted molar refractivity (Wildman–Crippen MR) is 91.5 cm³/mol. The summed E-state index contributed by atoms with van der Waals surface area (Å²) in [5, 5.41) is 10.1.